The average molecular weight is 339 g/mol. The van der Waals surface area contributed by atoms with Gasteiger partial charge in [-0.2, -0.15) is 0 Å². The van der Waals surface area contributed by atoms with Crippen molar-refractivity contribution in [1.29, 1.82) is 0 Å². The zero-order valence-electron chi connectivity index (χ0n) is 14.7. The molecule has 0 fully saturated rings. The zero-order valence-corrected chi connectivity index (χ0v) is 14.7. The Labute approximate surface area is 148 Å². The van der Waals surface area contributed by atoms with E-state index in [0.29, 0.717) is 18.7 Å². The summed E-state index contributed by atoms with van der Waals surface area (Å²) in [7, 11) is 0. The van der Waals surface area contributed by atoms with Gasteiger partial charge in [-0.05, 0) is 60.2 Å². The third-order valence-electron chi connectivity index (χ3n) is 3.90. The van der Waals surface area contributed by atoms with Crippen molar-refractivity contribution in [3.05, 3.63) is 59.7 Å². The first kappa shape index (κ1) is 18.6. The van der Waals surface area contributed by atoms with Crippen LogP contribution in [0.4, 0.5) is 5.69 Å². The molecule has 132 valence electrons. The monoisotopic (exact) mass is 339 g/mol. The van der Waals surface area contributed by atoms with E-state index in [4.69, 9.17) is 15.6 Å². The fraction of sp³-hybridized carbons (Fsp3) is 0.286. The Hall–Kier alpha value is -2.75. The lowest BCUT2D eigenvalue weighted by atomic mass is 9.91. The van der Waals surface area contributed by atoms with Crippen molar-refractivity contribution in [3.63, 3.8) is 0 Å². The van der Waals surface area contributed by atoms with Crippen LogP contribution in [0, 0.1) is 5.92 Å². The lowest BCUT2D eigenvalue weighted by molar-refractivity contribution is -0.137. The molecule has 0 radical (unpaired) electrons. The number of carboxylic acids is 1. The van der Waals surface area contributed by atoms with E-state index in [1.54, 1.807) is 0 Å². The van der Waals surface area contributed by atoms with E-state index in [2.05, 4.69) is 6.08 Å². The summed E-state index contributed by atoms with van der Waals surface area (Å²) < 4.78 is 5.47. The number of carboxylic acid groups (broad SMARTS) is 1. The highest BCUT2D eigenvalue weighted by atomic mass is 16.5. The average Bonchev–Trinajstić information content (AvgIpc) is 2.56. The van der Waals surface area contributed by atoms with E-state index >= 15 is 0 Å². The standard InChI is InChI=1S/C21H25NO3/c1-3-25-20-10-4-16(5-11-20)14-18(12-15(2)13-21(23)24)17-6-8-19(22)9-7-17/h4-11,14-15H,3,12-13,22H2,1-2H3,(H,23,24). The fourth-order valence-electron chi connectivity index (χ4n) is 2.73. The van der Waals surface area contributed by atoms with Crippen LogP contribution in [0.25, 0.3) is 11.6 Å². The molecule has 0 heterocycles. The van der Waals surface area contributed by atoms with Crippen LogP contribution in [0.3, 0.4) is 0 Å². The molecule has 0 spiro atoms. The second kappa shape index (κ2) is 8.92. The Morgan fingerprint density at radius 1 is 1.12 bits per heavy atom. The number of aliphatic carboxylic acids is 1. The summed E-state index contributed by atoms with van der Waals surface area (Å²) in [6.07, 6.45) is 2.93. The van der Waals surface area contributed by atoms with Crippen molar-refractivity contribution in [2.75, 3.05) is 12.3 Å². The highest BCUT2D eigenvalue weighted by Crippen LogP contribution is 2.28. The zero-order chi connectivity index (χ0) is 18.2. The second-order valence-corrected chi connectivity index (χ2v) is 6.20. The molecule has 0 saturated carbocycles. The number of nitrogens with two attached hydrogens (primary N) is 1. The van der Waals surface area contributed by atoms with Crippen LogP contribution in [-0.4, -0.2) is 17.7 Å². The molecule has 4 nitrogen and oxygen atoms in total. The van der Waals surface area contributed by atoms with E-state index < -0.39 is 5.97 Å². The maximum atomic E-state index is 11.0. The van der Waals surface area contributed by atoms with E-state index in [1.165, 1.54) is 0 Å². The van der Waals surface area contributed by atoms with E-state index in [-0.39, 0.29) is 12.3 Å². The van der Waals surface area contributed by atoms with Crippen LogP contribution >= 0.6 is 0 Å². The third kappa shape index (κ3) is 5.99. The number of nitrogen functional groups attached to an aromatic ring is 1. The fourth-order valence-corrected chi connectivity index (χ4v) is 2.73. The van der Waals surface area contributed by atoms with Crippen molar-refractivity contribution < 1.29 is 14.6 Å². The number of anilines is 1. The molecule has 4 heteroatoms. The minimum Gasteiger partial charge on any atom is -0.494 e. The van der Waals surface area contributed by atoms with Crippen molar-refractivity contribution in [1.82, 2.24) is 0 Å². The molecule has 25 heavy (non-hydrogen) atoms. The maximum absolute atomic E-state index is 11.0. The van der Waals surface area contributed by atoms with Gasteiger partial charge < -0.3 is 15.6 Å². The summed E-state index contributed by atoms with van der Waals surface area (Å²) in [5.74, 6) is 0.113. The van der Waals surface area contributed by atoms with Gasteiger partial charge in [0.1, 0.15) is 5.75 Å². The molecule has 0 saturated heterocycles. The molecule has 3 N–H and O–H groups in total. The lowest BCUT2D eigenvalue weighted by Gasteiger charge is -2.14. The smallest absolute Gasteiger partial charge is 0.303 e. The van der Waals surface area contributed by atoms with Gasteiger partial charge in [0, 0.05) is 12.1 Å². The topological polar surface area (TPSA) is 72.5 Å². The Morgan fingerprint density at radius 3 is 2.32 bits per heavy atom. The van der Waals surface area contributed by atoms with Gasteiger partial charge in [0.15, 0.2) is 0 Å². The number of carbonyl (C=O) groups is 1. The van der Waals surface area contributed by atoms with Crippen LogP contribution in [-0.2, 0) is 4.79 Å². The number of rotatable bonds is 8. The first-order chi connectivity index (χ1) is 12.0. The van der Waals surface area contributed by atoms with Gasteiger partial charge in [-0.3, -0.25) is 4.79 Å². The molecular weight excluding hydrogens is 314 g/mol. The summed E-state index contributed by atoms with van der Waals surface area (Å²) >= 11 is 0. The van der Waals surface area contributed by atoms with Crippen LogP contribution in [0.5, 0.6) is 5.75 Å². The molecule has 1 unspecified atom stereocenters. The largest absolute Gasteiger partial charge is 0.494 e. The molecule has 1 atom stereocenters. The molecular formula is C21H25NO3. The summed E-state index contributed by atoms with van der Waals surface area (Å²) in [5, 5.41) is 9.02. The van der Waals surface area contributed by atoms with Crippen molar-refractivity contribution in [2.45, 2.75) is 26.7 Å². The number of ether oxygens (including phenoxy) is 1. The van der Waals surface area contributed by atoms with Gasteiger partial charge >= 0.3 is 5.97 Å². The van der Waals surface area contributed by atoms with Crippen LogP contribution in [0.2, 0.25) is 0 Å². The van der Waals surface area contributed by atoms with Crippen molar-refractivity contribution >= 4 is 23.3 Å². The molecule has 0 aliphatic carbocycles. The van der Waals surface area contributed by atoms with Crippen LogP contribution in [0.15, 0.2) is 48.5 Å². The Balaban J connectivity index is 2.28. The molecule has 0 bridgehead atoms. The van der Waals surface area contributed by atoms with Crippen LogP contribution < -0.4 is 10.5 Å². The van der Waals surface area contributed by atoms with Crippen LogP contribution in [0.1, 0.15) is 37.8 Å². The van der Waals surface area contributed by atoms with E-state index in [9.17, 15) is 4.79 Å². The molecule has 0 amide bonds. The molecule has 2 aromatic carbocycles. The number of hydrogen-bond donors (Lipinski definition) is 2. The number of hydrogen-bond acceptors (Lipinski definition) is 3. The minimum absolute atomic E-state index is 0.0454. The molecule has 2 aromatic rings. The lowest BCUT2D eigenvalue weighted by Crippen LogP contribution is -2.05. The predicted molar refractivity (Wildman–Crippen MR) is 102 cm³/mol. The van der Waals surface area contributed by atoms with E-state index in [0.717, 1.165) is 22.4 Å². The first-order valence-electron chi connectivity index (χ1n) is 8.49. The Kier molecular flexibility index (Phi) is 6.63. The maximum Gasteiger partial charge on any atom is 0.303 e. The summed E-state index contributed by atoms with van der Waals surface area (Å²) in [4.78, 5) is 11.0. The quantitative estimate of drug-likeness (QED) is 0.540. The molecule has 0 aliphatic heterocycles. The predicted octanol–water partition coefficient (Wildman–Crippen LogP) is 4.71. The molecule has 2 rings (SSSR count). The van der Waals surface area contributed by atoms with E-state index in [1.807, 2.05) is 62.4 Å². The second-order valence-electron chi connectivity index (χ2n) is 6.20. The number of benzene rings is 2. The van der Waals surface area contributed by atoms with Crippen molar-refractivity contribution in [3.8, 4) is 5.75 Å². The SMILES string of the molecule is CCOc1ccc(C=C(CC(C)CC(=O)O)c2ccc(N)cc2)cc1. The first-order valence-corrected chi connectivity index (χ1v) is 8.49. The summed E-state index contributed by atoms with van der Waals surface area (Å²) in [6, 6.07) is 15.6. The summed E-state index contributed by atoms with van der Waals surface area (Å²) in [5.41, 5.74) is 9.70. The van der Waals surface area contributed by atoms with Gasteiger partial charge in [-0.1, -0.05) is 37.3 Å². The Bertz CT molecular complexity index is 718. The molecule has 0 aromatic heterocycles. The molecule has 0 aliphatic rings. The summed E-state index contributed by atoms with van der Waals surface area (Å²) in [6.45, 7) is 4.55. The van der Waals surface area contributed by atoms with Gasteiger partial charge in [-0.25, -0.2) is 0 Å². The highest BCUT2D eigenvalue weighted by Gasteiger charge is 2.12. The van der Waals surface area contributed by atoms with Gasteiger partial charge in [-0.15, -0.1) is 0 Å². The third-order valence-corrected chi connectivity index (χ3v) is 3.90. The van der Waals surface area contributed by atoms with Crippen molar-refractivity contribution in [2.24, 2.45) is 5.92 Å². The van der Waals surface area contributed by atoms with Gasteiger partial charge in [0.2, 0.25) is 0 Å². The van der Waals surface area contributed by atoms with Gasteiger partial charge in [0.05, 0.1) is 6.61 Å². The Morgan fingerprint density at radius 2 is 1.76 bits per heavy atom. The van der Waals surface area contributed by atoms with Gasteiger partial charge in [0.25, 0.3) is 0 Å². The normalized spacial score (nSPS) is 12.6. The number of allylic oxidation sites excluding steroid dienone is 1. The minimum atomic E-state index is -0.773. The highest BCUT2D eigenvalue weighted by molar-refractivity contribution is 5.82.